The Balaban J connectivity index is 2.71. The Labute approximate surface area is 71.3 Å². The highest BCUT2D eigenvalue weighted by Crippen LogP contribution is 2.24. The number of halogens is 3. The van der Waals surface area contributed by atoms with E-state index >= 15 is 0 Å². The number of hydrogen-bond acceptors (Lipinski definition) is 2. The fraction of sp³-hybridized carbons (Fsp3) is 0.333. The third kappa shape index (κ3) is 1.14. The molecule has 0 bridgehead atoms. The third-order valence-electron chi connectivity index (χ3n) is 0.767. The normalized spacial score (nSPS) is 19.6. The summed E-state index contributed by atoms with van der Waals surface area (Å²) in [6.45, 7) is 0.693. The van der Waals surface area contributed by atoms with E-state index in [1.165, 1.54) is 0 Å². The maximum absolute atomic E-state index is 5.62. The summed E-state index contributed by atoms with van der Waals surface area (Å²) < 4.78 is 1.79. The van der Waals surface area contributed by atoms with Gasteiger partial charge in [0.05, 0.1) is 29.5 Å². The predicted molar refractivity (Wildman–Crippen MR) is 42.6 cm³/mol. The standard InChI is InChI=1S/C3H3Cl2IN2/c4-2-3(5)8(6)1-7-2/h7H,1H2. The van der Waals surface area contributed by atoms with Crippen LogP contribution in [0.3, 0.4) is 0 Å². The highest BCUT2D eigenvalue weighted by atomic mass is 127. The van der Waals surface area contributed by atoms with Gasteiger partial charge in [-0.05, 0) is 0 Å². The van der Waals surface area contributed by atoms with Crippen LogP contribution < -0.4 is 5.32 Å². The molecule has 0 spiro atoms. The Morgan fingerprint density at radius 2 is 2.25 bits per heavy atom. The summed E-state index contributed by atoms with van der Waals surface area (Å²) in [5.41, 5.74) is 0. The quantitative estimate of drug-likeness (QED) is 0.408. The molecule has 46 valence electrons. The average molecular weight is 265 g/mol. The van der Waals surface area contributed by atoms with Gasteiger partial charge in [0, 0.05) is 0 Å². The minimum Gasteiger partial charge on any atom is -0.355 e. The molecule has 0 fully saturated rings. The number of nitrogens with zero attached hydrogens (tertiary/aromatic N) is 1. The number of hydrogen-bond donors (Lipinski definition) is 1. The van der Waals surface area contributed by atoms with Crippen LogP contribution in [0.1, 0.15) is 0 Å². The minimum absolute atomic E-state index is 0.529. The Morgan fingerprint density at radius 1 is 1.62 bits per heavy atom. The number of rotatable bonds is 0. The SMILES string of the molecule is ClC1=C(Cl)N(I)CN1. The smallest absolute Gasteiger partial charge is 0.150 e. The summed E-state index contributed by atoms with van der Waals surface area (Å²) >= 11 is 13.2. The minimum atomic E-state index is 0.529. The molecule has 1 rings (SSSR count). The monoisotopic (exact) mass is 264 g/mol. The molecule has 1 aliphatic heterocycles. The van der Waals surface area contributed by atoms with Gasteiger partial charge in [0.1, 0.15) is 5.16 Å². The average Bonchev–Trinajstić information content (AvgIpc) is 1.98. The predicted octanol–water partition coefficient (Wildman–Crippen LogP) is 1.80. The molecule has 2 nitrogen and oxygen atoms in total. The molecule has 0 amide bonds. The topological polar surface area (TPSA) is 15.3 Å². The lowest BCUT2D eigenvalue weighted by molar-refractivity contribution is 0.663. The van der Waals surface area contributed by atoms with Gasteiger partial charge < -0.3 is 5.32 Å². The molecule has 0 aromatic rings. The number of nitrogens with one attached hydrogen (secondary N) is 1. The van der Waals surface area contributed by atoms with Crippen LogP contribution in [-0.4, -0.2) is 9.78 Å². The van der Waals surface area contributed by atoms with Crippen molar-refractivity contribution in [3.8, 4) is 0 Å². The van der Waals surface area contributed by atoms with Gasteiger partial charge in [0.15, 0.2) is 5.16 Å². The van der Waals surface area contributed by atoms with Gasteiger partial charge in [-0.3, -0.25) is 3.11 Å². The highest BCUT2D eigenvalue weighted by Gasteiger charge is 2.15. The van der Waals surface area contributed by atoms with Gasteiger partial charge in [0.25, 0.3) is 0 Å². The maximum Gasteiger partial charge on any atom is 0.150 e. The van der Waals surface area contributed by atoms with Crippen molar-refractivity contribution in [3.05, 3.63) is 10.3 Å². The van der Waals surface area contributed by atoms with Gasteiger partial charge in [-0.2, -0.15) is 0 Å². The van der Waals surface area contributed by atoms with E-state index in [0.717, 1.165) is 0 Å². The van der Waals surface area contributed by atoms with E-state index in [1.807, 2.05) is 0 Å². The van der Waals surface area contributed by atoms with E-state index < -0.39 is 0 Å². The van der Waals surface area contributed by atoms with Gasteiger partial charge >= 0.3 is 0 Å². The Morgan fingerprint density at radius 3 is 2.38 bits per heavy atom. The second-order valence-corrected chi connectivity index (χ2v) is 3.20. The highest BCUT2D eigenvalue weighted by molar-refractivity contribution is 14.1. The Hall–Kier alpha value is 0.650. The molecule has 1 N–H and O–H groups in total. The van der Waals surface area contributed by atoms with Crippen LogP contribution in [-0.2, 0) is 0 Å². The van der Waals surface area contributed by atoms with E-state index in [4.69, 9.17) is 23.2 Å². The summed E-state index contributed by atoms with van der Waals surface area (Å²) in [5.74, 6) is 0. The van der Waals surface area contributed by atoms with Crippen molar-refractivity contribution in [1.29, 1.82) is 0 Å². The van der Waals surface area contributed by atoms with Crippen molar-refractivity contribution in [3.63, 3.8) is 0 Å². The molecular weight excluding hydrogens is 262 g/mol. The van der Waals surface area contributed by atoms with Crippen molar-refractivity contribution >= 4 is 46.1 Å². The summed E-state index contributed by atoms with van der Waals surface area (Å²) in [6.07, 6.45) is 0. The zero-order valence-corrected chi connectivity index (χ0v) is 7.46. The molecule has 1 heterocycles. The van der Waals surface area contributed by atoms with Crippen molar-refractivity contribution in [2.75, 3.05) is 6.67 Å². The van der Waals surface area contributed by atoms with E-state index in [1.54, 1.807) is 3.11 Å². The molecule has 8 heavy (non-hydrogen) atoms. The van der Waals surface area contributed by atoms with E-state index in [-0.39, 0.29) is 0 Å². The molecule has 5 heteroatoms. The fourth-order valence-corrected chi connectivity index (χ4v) is 1.23. The van der Waals surface area contributed by atoms with Gasteiger partial charge in [-0.25, -0.2) is 0 Å². The third-order valence-corrected chi connectivity index (χ3v) is 2.68. The van der Waals surface area contributed by atoms with Crippen LogP contribution in [0, 0.1) is 0 Å². The molecule has 0 radical (unpaired) electrons. The first-order valence-electron chi connectivity index (χ1n) is 1.94. The van der Waals surface area contributed by atoms with Gasteiger partial charge in [0.2, 0.25) is 0 Å². The second-order valence-electron chi connectivity index (χ2n) is 1.30. The first kappa shape index (κ1) is 6.77. The molecule has 0 aromatic heterocycles. The van der Waals surface area contributed by atoms with Crippen LogP contribution in [0.25, 0.3) is 0 Å². The molecule has 0 unspecified atom stereocenters. The van der Waals surface area contributed by atoms with Gasteiger partial charge in [-0.15, -0.1) is 0 Å². The van der Waals surface area contributed by atoms with Crippen molar-refractivity contribution < 1.29 is 0 Å². The molecule has 0 aromatic carbocycles. The molecule has 0 aliphatic carbocycles. The molecule has 0 saturated heterocycles. The Kier molecular flexibility index (Phi) is 2.11. The first-order chi connectivity index (χ1) is 3.72. The first-order valence-corrected chi connectivity index (χ1v) is 3.66. The summed E-state index contributed by atoms with van der Waals surface area (Å²) in [5, 5.41) is 3.96. The molecule has 0 atom stereocenters. The van der Waals surface area contributed by atoms with Crippen molar-refractivity contribution in [2.45, 2.75) is 0 Å². The van der Waals surface area contributed by atoms with E-state index in [2.05, 4.69) is 28.2 Å². The van der Waals surface area contributed by atoms with Crippen LogP contribution >= 0.6 is 46.1 Å². The van der Waals surface area contributed by atoms with Crippen LogP contribution in [0.2, 0.25) is 0 Å². The largest absolute Gasteiger partial charge is 0.355 e. The fourth-order valence-electron chi connectivity index (χ4n) is 0.388. The summed E-state index contributed by atoms with van der Waals surface area (Å²) in [4.78, 5) is 0. The van der Waals surface area contributed by atoms with E-state index in [9.17, 15) is 0 Å². The summed E-state index contributed by atoms with van der Waals surface area (Å²) in [6, 6.07) is 0. The van der Waals surface area contributed by atoms with Crippen molar-refractivity contribution in [2.24, 2.45) is 0 Å². The lowest BCUT2D eigenvalue weighted by atomic mass is 10.9. The molecule has 1 aliphatic rings. The molecular formula is C3H3Cl2IN2. The zero-order chi connectivity index (χ0) is 6.15. The van der Waals surface area contributed by atoms with Gasteiger partial charge in [-0.1, -0.05) is 23.2 Å². The maximum atomic E-state index is 5.62. The van der Waals surface area contributed by atoms with Crippen molar-refractivity contribution in [1.82, 2.24) is 8.43 Å². The molecule has 0 saturated carbocycles. The lowest BCUT2D eigenvalue weighted by Gasteiger charge is -2.02. The Bertz CT molecular complexity index is 135. The van der Waals surface area contributed by atoms with E-state index in [0.29, 0.717) is 17.0 Å². The zero-order valence-electron chi connectivity index (χ0n) is 3.79. The second kappa shape index (κ2) is 2.49. The van der Waals surface area contributed by atoms with Crippen LogP contribution in [0.4, 0.5) is 0 Å². The summed E-state index contributed by atoms with van der Waals surface area (Å²) in [7, 11) is 0. The van der Waals surface area contributed by atoms with Crippen LogP contribution in [0.15, 0.2) is 10.3 Å². The van der Waals surface area contributed by atoms with Crippen LogP contribution in [0.5, 0.6) is 0 Å². The lowest BCUT2D eigenvalue weighted by Crippen LogP contribution is -2.11.